The molecule has 8 nitrogen and oxygen atoms in total. The van der Waals surface area contributed by atoms with E-state index in [-0.39, 0.29) is 18.3 Å². The number of hydrogen-bond donors (Lipinski definition) is 1. The number of carbonyl (C=O) groups excluding carboxylic acids is 1. The second kappa shape index (κ2) is 9.29. The molecule has 25 heavy (non-hydrogen) atoms. The van der Waals surface area contributed by atoms with E-state index in [2.05, 4.69) is 26.1 Å². The molecule has 0 saturated heterocycles. The Hall–Kier alpha value is -2.25. The summed E-state index contributed by atoms with van der Waals surface area (Å²) in [5, 5.41) is 16.9. The van der Waals surface area contributed by atoms with Crippen molar-refractivity contribution in [3.63, 3.8) is 0 Å². The fourth-order valence-electron chi connectivity index (χ4n) is 1.79. The number of halogens is 1. The first-order chi connectivity index (χ1) is 12.0. The van der Waals surface area contributed by atoms with Gasteiger partial charge in [0.1, 0.15) is 12.4 Å². The number of ether oxygens (including phenoxy) is 1. The van der Waals surface area contributed by atoms with E-state index in [0.29, 0.717) is 29.7 Å². The van der Waals surface area contributed by atoms with Crippen LogP contribution in [0.3, 0.4) is 0 Å². The van der Waals surface area contributed by atoms with Crippen LogP contribution >= 0.6 is 27.7 Å². The molecule has 0 spiro atoms. The van der Waals surface area contributed by atoms with Crippen LogP contribution in [0.5, 0.6) is 5.75 Å². The normalized spacial score (nSPS) is 10.3. The van der Waals surface area contributed by atoms with Crippen LogP contribution in [0.2, 0.25) is 0 Å². The maximum absolute atomic E-state index is 12.0. The number of hydrogen-bond acceptors (Lipinski definition) is 7. The SMILES string of the molecule is CN(CCC#N)C(=O)CSc1nnc(COc2cccc(Br)c2)n1N. The van der Waals surface area contributed by atoms with Gasteiger partial charge in [-0.2, -0.15) is 5.26 Å². The van der Waals surface area contributed by atoms with E-state index in [1.54, 1.807) is 7.05 Å². The molecule has 1 aromatic carbocycles. The third-order valence-corrected chi connectivity index (χ3v) is 4.63. The number of carbonyl (C=O) groups is 1. The van der Waals surface area contributed by atoms with Gasteiger partial charge >= 0.3 is 0 Å². The van der Waals surface area contributed by atoms with E-state index < -0.39 is 0 Å². The molecule has 0 unspecified atom stereocenters. The summed E-state index contributed by atoms with van der Waals surface area (Å²) in [6.45, 7) is 0.563. The first-order valence-electron chi connectivity index (χ1n) is 7.32. The summed E-state index contributed by atoms with van der Waals surface area (Å²) in [6, 6.07) is 9.43. The van der Waals surface area contributed by atoms with Gasteiger partial charge in [-0.05, 0) is 18.2 Å². The summed E-state index contributed by atoms with van der Waals surface area (Å²) in [4.78, 5) is 13.5. The molecule has 1 aromatic heterocycles. The third kappa shape index (κ3) is 5.65. The molecule has 0 bridgehead atoms. The third-order valence-electron chi connectivity index (χ3n) is 3.21. The molecule has 0 fully saturated rings. The molecule has 132 valence electrons. The number of aromatic nitrogens is 3. The first kappa shape index (κ1) is 19.1. The molecule has 1 amide bonds. The topological polar surface area (TPSA) is 110 Å². The summed E-state index contributed by atoms with van der Waals surface area (Å²) in [6.07, 6.45) is 0.303. The summed E-state index contributed by atoms with van der Waals surface area (Å²) in [5.74, 6) is 7.16. The summed E-state index contributed by atoms with van der Waals surface area (Å²) >= 11 is 4.56. The molecule has 1 heterocycles. The molecular weight excluding hydrogens is 408 g/mol. The van der Waals surface area contributed by atoms with Crippen LogP contribution in [0, 0.1) is 11.3 Å². The lowest BCUT2D eigenvalue weighted by molar-refractivity contribution is -0.127. The maximum atomic E-state index is 12.0. The van der Waals surface area contributed by atoms with Crippen LogP contribution in [0.15, 0.2) is 33.9 Å². The summed E-state index contributed by atoms with van der Waals surface area (Å²) in [5.41, 5.74) is 0. The van der Waals surface area contributed by atoms with E-state index in [1.165, 1.54) is 21.3 Å². The van der Waals surface area contributed by atoms with Gasteiger partial charge in [-0.3, -0.25) is 4.79 Å². The zero-order valence-corrected chi connectivity index (χ0v) is 16.0. The van der Waals surface area contributed by atoms with Crippen molar-refractivity contribution in [2.45, 2.75) is 18.2 Å². The lowest BCUT2D eigenvalue weighted by Crippen LogP contribution is -2.29. The second-order valence-electron chi connectivity index (χ2n) is 5.03. The Bertz CT molecular complexity index is 776. The first-order valence-corrected chi connectivity index (χ1v) is 9.10. The standard InChI is InChI=1S/C15H17BrN6O2S/c1-21(7-3-6-17)14(23)10-25-15-20-19-13(22(15)18)9-24-12-5-2-4-11(16)8-12/h2,4-5,8H,3,7,9-10,18H2,1H3. The van der Waals surface area contributed by atoms with Gasteiger partial charge in [-0.15, -0.1) is 10.2 Å². The van der Waals surface area contributed by atoms with Crippen LogP contribution in [0.25, 0.3) is 0 Å². The van der Waals surface area contributed by atoms with Crippen LogP contribution in [0.4, 0.5) is 0 Å². The smallest absolute Gasteiger partial charge is 0.232 e. The van der Waals surface area contributed by atoms with Crippen molar-refractivity contribution in [1.82, 2.24) is 19.8 Å². The average Bonchev–Trinajstić information content (AvgIpc) is 2.95. The molecule has 2 aromatic rings. The Morgan fingerprint density at radius 1 is 1.52 bits per heavy atom. The van der Waals surface area contributed by atoms with Gasteiger partial charge in [-0.25, -0.2) is 4.68 Å². The van der Waals surface area contributed by atoms with E-state index in [9.17, 15) is 4.79 Å². The highest BCUT2D eigenvalue weighted by Gasteiger charge is 2.14. The fourth-order valence-corrected chi connectivity index (χ4v) is 2.98. The molecule has 2 rings (SSSR count). The van der Waals surface area contributed by atoms with Gasteiger partial charge in [0, 0.05) is 18.1 Å². The summed E-state index contributed by atoms with van der Waals surface area (Å²) in [7, 11) is 1.66. The Morgan fingerprint density at radius 2 is 2.32 bits per heavy atom. The number of benzene rings is 1. The van der Waals surface area contributed by atoms with Crippen LogP contribution in [-0.2, 0) is 11.4 Å². The lowest BCUT2D eigenvalue weighted by atomic mass is 10.3. The Morgan fingerprint density at radius 3 is 3.04 bits per heavy atom. The Kier molecular flexibility index (Phi) is 7.09. The molecule has 0 radical (unpaired) electrons. The molecule has 2 N–H and O–H groups in total. The summed E-state index contributed by atoms with van der Waals surface area (Å²) < 4.78 is 7.85. The quantitative estimate of drug-likeness (QED) is 0.507. The van der Waals surface area contributed by atoms with Crippen LogP contribution in [0.1, 0.15) is 12.2 Å². The van der Waals surface area contributed by atoms with E-state index >= 15 is 0 Å². The number of nitriles is 1. The predicted molar refractivity (Wildman–Crippen MR) is 97.2 cm³/mol. The molecule has 0 aliphatic heterocycles. The molecule has 0 aliphatic carbocycles. The molecule has 0 atom stereocenters. The second-order valence-corrected chi connectivity index (χ2v) is 6.89. The van der Waals surface area contributed by atoms with E-state index in [0.717, 1.165) is 4.47 Å². The van der Waals surface area contributed by atoms with E-state index in [1.807, 2.05) is 30.3 Å². The van der Waals surface area contributed by atoms with Gasteiger partial charge in [0.05, 0.1) is 18.2 Å². The van der Waals surface area contributed by atoms with Gasteiger partial charge in [-0.1, -0.05) is 33.8 Å². The number of nitrogens with two attached hydrogens (primary N) is 1. The van der Waals surface area contributed by atoms with Crippen LogP contribution in [-0.4, -0.2) is 45.0 Å². The molecule has 0 saturated carbocycles. The van der Waals surface area contributed by atoms with Crippen molar-refractivity contribution in [1.29, 1.82) is 5.26 Å². The van der Waals surface area contributed by atoms with Crippen molar-refractivity contribution in [2.24, 2.45) is 0 Å². The fraction of sp³-hybridized carbons (Fsp3) is 0.333. The minimum Gasteiger partial charge on any atom is -0.485 e. The number of thioether (sulfide) groups is 1. The van der Waals surface area contributed by atoms with Crippen molar-refractivity contribution >= 4 is 33.6 Å². The van der Waals surface area contributed by atoms with Gasteiger partial charge < -0.3 is 15.5 Å². The minimum atomic E-state index is -0.102. The zero-order valence-electron chi connectivity index (χ0n) is 13.6. The molecule has 10 heteroatoms. The highest BCUT2D eigenvalue weighted by atomic mass is 79.9. The highest BCUT2D eigenvalue weighted by Crippen LogP contribution is 2.20. The van der Waals surface area contributed by atoms with Gasteiger partial charge in [0.15, 0.2) is 5.82 Å². The Balaban J connectivity index is 1.88. The van der Waals surface area contributed by atoms with Crippen molar-refractivity contribution in [3.8, 4) is 11.8 Å². The van der Waals surface area contributed by atoms with E-state index in [4.69, 9.17) is 15.8 Å². The lowest BCUT2D eigenvalue weighted by Gasteiger charge is -2.14. The predicted octanol–water partition coefficient (Wildman–Crippen LogP) is 1.80. The largest absolute Gasteiger partial charge is 0.485 e. The average molecular weight is 425 g/mol. The number of amides is 1. The van der Waals surface area contributed by atoms with Crippen molar-refractivity contribution in [2.75, 3.05) is 25.2 Å². The number of nitrogens with zero attached hydrogens (tertiary/aromatic N) is 5. The molecule has 0 aliphatic rings. The maximum Gasteiger partial charge on any atom is 0.232 e. The number of rotatable bonds is 8. The zero-order chi connectivity index (χ0) is 18.2. The van der Waals surface area contributed by atoms with Crippen LogP contribution < -0.4 is 10.6 Å². The van der Waals surface area contributed by atoms with Crippen molar-refractivity contribution < 1.29 is 9.53 Å². The molecular formula is C15H17BrN6O2S. The van der Waals surface area contributed by atoms with Gasteiger partial charge in [0.2, 0.25) is 11.1 Å². The monoisotopic (exact) mass is 424 g/mol. The Labute approximate surface area is 158 Å². The highest BCUT2D eigenvalue weighted by molar-refractivity contribution is 9.10. The number of nitrogen functional groups attached to an aromatic ring is 1. The van der Waals surface area contributed by atoms with Crippen molar-refractivity contribution in [3.05, 3.63) is 34.6 Å². The van der Waals surface area contributed by atoms with Gasteiger partial charge in [0.25, 0.3) is 0 Å². The minimum absolute atomic E-state index is 0.102.